The van der Waals surface area contributed by atoms with E-state index in [1.807, 2.05) is 6.92 Å². The van der Waals surface area contributed by atoms with Crippen molar-refractivity contribution in [1.82, 2.24) is 30.0 Å². The van der Waals surface area contributed by atoms with E-state index in [0.717, 1.165) is 17.1 Å². The van der Waals surface area contributed by atoms with Crippen molar-refractivity contribution in [3.63, 3.8) is 0 Å². The first kappa shape index (κ1) is 9.20. The maximum Gasteiger partial charge on any atom is 0.209 e. The first-order valence-corrected chi connectivity index (χ1v) is 4.66. The van der Waals surface area contributed by atoms with Crippen LogP contribution in [0.5, 0.6) is 0 Å². The number of aryl methyl sites for hydroxylation is 2. The van der Waals surface area contributed by atoms with Crippen LogP contribution in [-0.4, -0.2) is 30.0 Å². The Hall–Kier alpha value is -1.37. The molecule has 0 saturated heterocycles. The van der Waals surface area contributed by atoms with Crippen molar-refractivity contribution < 1.29 is 0 Å². The quantitative estimate of drug-likeness (QED) is 0.728. The van der Waals surface area contributed by atoms with Gasteiger partial charge in [-0.25, -0.2) is 0 Å². The summed E-state index contributed by atoms with van der Waals surface area (Å²) >= 11 is 4.35. The highest BCUT2D eigenvalue weighted by molar-refractivity contribution is 7.80. The molecule has 2 rings (SSSR count). The van der Waals surface area contributed by atoms with E-state index in [1.165, 1.54) is 4.80 Å². The Kier molecular flexibility index (Phi) is 2.24. The molecule has 0 bridgehead atoms. The second-order valence-electron chi connectivity index (χ2n) is 2.80. The lowest BCUT2D eigenvalue weighted by atomic mass is 10.3. The van der Waals surface area contributed by atoms with Crippen LogP contribution in [-0.2, 0) is 13.6 Å². The van der Waals surface area contributed by atoms with Crippen molar-refractivity contribution in [2.24, 2.45) is 7.05 Å². The highest BCUT2D eigenvalue weighted by Gasteiger charge is 2.12. The van der Waals surface area contributed by atoms with E-state index >= 15 is 0 Å². The van der Waals surface area contributed by atoms with Gasteiger partial charge in [0.2, 0.25) is 5.82 Å². The Morgan fingerprint density at radius 2 is 2.29 bits per heavy atom. The third kappa shape index (κ3) is 1.39. The van der Waals surface area contributed by atoms with Crippen LogP contribution < -0.4 is 0 Å². The summed E-state index contributed by atoms with van der Waals surface area (Å²) in [6.07, 6.45) is 1.70. The van der Waals surface area contributed by atoms with Gasteiger partial charge in [0.25, 0.3) is 0 Å². The predicted molar refractivity (Wildman–Crippen MR) is 52.9 cm³/mol. The zero-order valence-electron chi connectivity index (χ0n) is 7.91. The molecular weight excluding hydrogens is 200 g/mol. The van der Waals surface area contributed by atoms with Gasteiger partial charge in [-0.1, -0.05) is 0 Å². The third-order valence-corrected chi connectivity index (χ3v) is 2.33. The maximum atomic E-state index is 4.35. The van der Waals surface area contributed by atoms with Gasteiger partial charge in [0.1, 0.15) is 5.03 Å². The smallest absolute Gasteiger partial charge is 0.209 e. The zero-order chi connectivity index (χ0) is 10.1. The summed E-state index contributed by atoms with van der Waals surface area (Å²) in [6, 6.07) is 0. The SMILES string of the molecule is CCn1ncc(-c2nnn(C)n2)c1S. The van der Waals surface area contributed by atoms with Gasteiger partial charge in [0.15, 0.2) is 0 Å². The number of tetrazole rings is 1. The van der Waals surface area contributed by atoms with Crippen LogP contribution in [0.3, 0.4) is 0 Å². The number of nitrogens with zero attached hydrogens (tertiary/aromatic N) is 6. The summed E-state index contributed by atoms with van der Waals surface area (Å²) in [7, 11) is 1.72. The van der Waals surface area contributed by atoms with E-state index in [1.54, 1.807) is 17.9 Å². The highest BCUT2D eigenvalue weighted by Crippen LogP contribution is 2.21. The second-order valence-corrected chi connectivity index (χ2v) is 3.22. The van der Waals surface area contributed by atoms with Crippen molar-refractivity contribution in [2.45, 2.75) is 18.5 Å². The molecular formula is C7H10N6S. The van der Waals surface area contributed by atoms with Gasteiger partial charge in [-0.15, -0.1) is 22.8 Å². The second kappa shape index (κ2) is 3.41. The van der Waals surface area contributed by atoms with Crippen LogP contribution in [0.25, 0.3) is 11.4 Å². The predicted octanol–water partition coefficient (Wildman–Crippen LogP) is 0.382. The van der Waals surface area contributed by atoms with E-state index < -0.39 is 0 Å². The fourth-order valence-corrected chi connectivity index (χ4v) is 1.51. The maximum absolute atomic E-state index is 4.35. The zero-order valence-corrected chi connectivity index (χ0v) is 8.81. The molecule has 0 N–H and O–H groups in total. The Balaban J connectivity index is 2.46. The molecule has 7 heteroatoms. The van der Waals surface area contributed by atoms with Crippen molar-refractivity contribution in [1.29, 1.82) is 0 Å². The molecule has 0 aliphatic rings. The fraction of sp³-hybridized carbons (Fsp3) is 0.429. The molecule has 2 aromatic heterocycles. The summed E-state index contributed by atoms with van der Waals surface area (Å²) in [5.41, 5.74) is 0.809. The van der Waals surface area contributed by atoms with Gasteiger partial charge in [-0.2, -0.15) is 9.90 Å². The lowest BCUT2D eigenvalue weighted by Gasteiger charge is -1.97. The average molecular weight is 210 g/mol. The van der Waals surface area contributed by atoms with Gasteiger partial charge in [-0.05, 0) is 12.1 Å². The van der Waals surface area contributed by atoms with Crippen molar-refractivity contribution in [3.8, 4) is 11.4 Å². The molecule has 6 nitrogen and oxygen atoms in total. The summed E-state index contributed by atoms with van der Waals surface area (Å²) in [5, 5.41) is 16.6. The van der Waals surface area contributed by atoms with Crippen LogP contribution in [0, 0.1) is 0 Å². The molecule has 0 radical (unpaired) electrons. The van der Waals surface area contributed by atoms with Crippen molar-refractivity contribution in [2.75, 3.05) is 0 Å². The molecule has 2 aromatic rings. The first-order valence-electron chi connectivity index (χ1n) is 4.21. The Morgan fingerprint density at radius 3 is 2.79 bits per heavy atom. The van der Waals surface area contributed by atoms with Crippen molar-refractivity contribution in [3.05, 3.63) is 6.20 Å². The van der Waals surface area contributed by atoms with Gasteiger partial charge in [0, 0.05) is 6.54 Å². The largest absolute Gasteiger partial charge is 0.259 e. The minimum Gasteiger partial charge on any atom is -0.259 e. The topological polar surface area (TPSA) is 61.4 Å². The molecule has 0 amide bonds. The third-order valence-electron chi connectivity index (χ3n) is 1.86. The molecule has 0 spiro atoms. The van der Waals surface area contributed by atoms with E-state index in [0.29, 0.717) is 5.82 Å². The molecule has 0 aliphatic heterocycles. The van der Waals surface area contributed by atoms with Gasteiger partial charge in [-0.3, -0.25) is 4.68 Å². The molecule has 2 heterocycles. The molecule has 0 unspecified atom stereocenters. The number of hydrogen-bond acceptors (Lipinski definition) is 5. The molecule has 0 atom stereocenters. The first-order chi connectivity index (χ1) is 6.72. The van der Waals surface area contributed by atoms with Crippen molar-refractivity contribution >= 4 is 12.6 Å². The minimum absolute atomic E-state index is 0.553. The normalized spacial score (nSPS) is 10.8. The minimum atomic E-state index is 0.553. The number of thiol groups is 1. The van der Waals surface area contributed by atoms with Gasteiger partial charge < -0.3 is 0 Å². The Labute approximate surface area is 86.3 Å². The fourth-order valence-electron chi connectivity index (χ4n) is 1.16. The lowest BCUT2D eigenvalue weighted by Crippen LogP contribution is -1.96. The highest BCUT2D eigenvalue weighted by atomic mass is 32.1. The van der Waals surface area contributed by atoms with E-state index in [9.17, 15) is 0 Å². The molecule has 74 valence electrons. The monoisotopic (exact) mass is 210 g/mol. The number of rotatable bonds is 2. The average Bonchev–Trinajstić information content (AvgIpc) is 2.72. The molecule has 0 aliphatic carbocycles. The molecule has 0 fully saturated rings. The van der Waals surface area contributed by atoms with Crippen LogP contribution in [0.4, 0.5) is 0 Å². The summed E-state index contributed by atoms with van der Waals surface area (Å²) < 4.78 is 1.77. The summed E-state index contributed by atoms with van der Waals surface area (Å²) in [6.45, 7) is 2.78. The summed E-state index contributed by atoms with van der Waals surface area (Å²) in [4.78, 5) is 1.41. The number of hydrogen-bond donors (Lipinski definition) is 1. The van der Waals surface area contributed by atoms with Crippen LogP contribution >= 0.6 is 12.6 Å². The van der Waals surface area contributed by atoms with Gasteiger partial charge >= 0.3 is 0 Å². The summed E-state index contributed by atoms with van der Waals surface area (Å²) in [5.74, 6) is 0.553. The lowest BCUT2D eigenvalue weighted by molar-refractivity contribution is 0.607. The Morgan fingerprint density at radius 1 is 1.50 bits per heavy atom. The Bertz CT molecular complexity index is 445. The van der Waals surface area contributed by atoms with E-state index in [2.05, 4.69) is 33.1 Å². The van der Waals surface area contributed by atoms with Gasteiger partial charge in [0.05, 0.1) is 18.8 Å². The standard InChI is InChI=1S/C7H10N6S/c1-3-13-7(14)5(4-8-13)6-9-11-12(2)10-6/h4,14H,3H2,1-2H3. The van der Waals surface area contributed by atoms with E-state index in [-0.39, 0.29) is 0 Å². The van der Waals surface area contributed by atoms with Crippen LogP contribution in [0.2, 0.25) is 0 Å². The van der Waals surface area contributed by atoms with E-state index in [4.69, 9.17) is 0 Å². The molecule has 14 heavy (non-hydrogen) atoms. The number of aromatic nitrogens is 6. The van der Waals surface area contributed by atoms with Crippen LogP contribution in [0.15, 0.2) is 11.2 Å². The molecule has 0 aromatic carbocycles. The molecule has 0 saturated carbocycles. The van der Waals surface area contributed by atoms with Crippen LogP contribution in [0.1, 0.15) is 6.92 Å².